The zero-order chi connectivity index (χ0) is 14.4. The minimum absolute atomic E-state index is 0.262. The third-order valence-corrected chi connectivity index (χ3v) is 4.87. The quantitative estimate of drug-likeness (QED) is 0.773. The fraction of sp³-hybridized carbons (Fsp3) is 0.625. The summed E-state index contributed by atoms with van der Waals surface area (Å²) in [5.74, 6) is 0. The Bertz CT molecular complexity index is 479. The Kier molecular flexibility index (Phi) is 3.34. The van der Waals surface area contributed by atoms with Crippen LogP contribution < -0.4 is 10.4 Å². The van der Waals surface area contributed by atoms with Crippen LogP contribution in [0.3, 0.4) is 0 Å². The van der Waals surface area contributed by atoms with Gasteiger partial charge in [-0.2, -0.15) is 0 Å². The van der Waals surface area contributed by atoms with Crippen LogP contribution in [0.1, 0.15) is 40.5 Å². The Hall–Kier alpha value is -0.995. The zero-order valence-corrected chi connectivity index (χ0v) is 13.0. The first kappa shape index (κ1) is 14.0. The predicted octanol–water partition coefficient (Wildman–Crippen LogP) is 2.59. The largest absolute Gasteiger partial charge is 0.494 e. The highest BCUT2D eigenvalue weighted by Gasteiger charge is 2.51. The van der Waals surface area contributed by atoms with Crippen LogP contribution in [0.25, 0.3) is 0 Å². The van der Waals surface area contributed by atoms with Crippen molar-refractivity contribution in [3.05, 3.63) is 24.3 Å². The molecule has 2 saturated heterocycles. The summed E-state index contributed by atoms with van der Waals surface area (Å²) < 4.78 is 12.3. The van der Waals surface area contributed by atoms with Gasteiger partial charge >= 0.3 is 7.12 Å². The third kappa shape index (κ3) is 2.36. The number of benzene rings is 1. The molecule has 2 fully saturated rings. The summed E-state index contributed by atoms with van der Waals surface area (Å²) in [6.07, 6.45) is 2.58. The van der Waals surface area contributed by atoms with E-state index in [1.807, 2.05) is 0 Å². The van der Waals surface area contributed by atoms with E-state index in [1.54, 1.807) is 0 Å². The third-order valence-electron chi connectivity index (χ3n) is 4.87. The molecule has 4 heteroatoms. The highest BCUT2D eigenvalue weighted by Crippen LogP contribution is 2.36. The first-order valence-electron chi connectivity index (χ1n) is 7.60. The summed E-state index contributed by atoms with van der Waals surface area (Å²) >= 11 is 0. The lowest BCUT2D eigenvalue weighted by Crippen LogP contribution is -2.41. The molecule has 0 unspecified atom stereocenters. The summed E-state index contributed by atoms with van der Waals surface area (Å²) in [5.41, 5.74) is 1.85. The average molecular weight is 273 g/mol. The van der Waals surface area contributed by atoms with Gasteiger partial charge in [0.1, 0.15) is 0 Å². The van der Waals surface area contributed by atoms with Gasteiger partial charge in [-0.1, -0.05) is 12.1 Å². The van der Waals surface area contributed by atoms with Crippen LogP contribution in [0.5, 0.6) is 0 Å². The lowest BCUT2D eigenvalue weighted by Gasteiger charge is -2.32. The van der Waals surface area contributed by atoms with Gasteiger partial charge in [0.25, 0.3) is 0 Å². The Morgan fingerprint density at radius 1 is 1.00 bits per heavy atom. The second-order valence-corrected chi connectivity index (χ2v) is 6.88. The lowest BCUT2D eigenvalue weighted by molar-refractivity contribution is 0.00578. The molecule has 1 aromatic carbocycles. The molecule has 0 amide bonds. The normalized spacial score (nSPS) is 24.4. The van der Waals surface area contributed by atoms with Crippen molar-refractivity contribution < 1.29 is 9.31 Å². The predicted molar refractivity (Wildman–Crippen MR) is 83.6 cm³/mol. The van der Waals surface area contributed by atoms with Gasteiger partial charge in [0.05, 0.1) is 11.2 Å². The van der Waals surface area contributed by atoms with E-state index in [-0.39, 0.29) is 18.3 Å². The fourth-order valence-electron chi connectivity index (χ4n) is 2.82. The minimum Gasteiger partial charge on any atom is -0.399 e. The summed E-state index contributed by atoms with van der Waals surface area (Å²) in [7, 11) is -0.262. The molecule has 0 spiro atoms. The summed E-state index contributed by atoms with van der Waals surface area (Å²) in [4.78, 5) is 2.44. The van der Waals surface area contributed by atoms with Crippen LogP contribution in [-0.2, 0) is 9.31 Å². The summed E-state index contributed by atoms with van der Waals surface area (Å²) in [6.45, 7) is 10.7. The van der Waals surface area contributed by atoms with E-state index in [0.717, 1.165) is 18.6 Å². The van der Waals surface area contributed by atoms with Gasteiger partial charge in [-0.05, 0) is 58.1 Å². The molecule has 0 saturated carbocycles. The van der Waals surface area contributed by atoms with Gasteiger partial charge in [-0.3, -0.25) is 0 Å². The minimum atomic E-state index is -0.276. The molecule has 3 rings (SSSR count). The molecule has 0 aromatic heterocycles. The van der Waals surface area contributed by atoms with E-state index in [2.05, 4.69) is 56.9 Å². The van der Waals surface area contributed by atoms with Crippen molar-refractivity contribution in [2.75, 3.05) is 18.0 Å². The Morgan fingerprint density at radius 2 is 1.60 bits per heavy atom. The van der Waals surface area contributed by atoms with Crippen LogP contribution in [0.2, 0.25) is 0 Å². The molecule has 0 radical (unpaired) electrons. The first-order valence-corrected chi connectivity index (χ1v) is 7.60. The molecule has 20 heavy (non-hydrogen) atoms. The van der Waals surface area contributed by atoms with Crippen LogP contribution >= 0.6 is 0 Å². The Balaban J connectivity index is 1.83. The van der Waals surface area contributed by atoms with Gasteiger partial charge in [0.2, 0.25) is 0 Å². The molecule has 3 nitrogen and oxygen atoms in total. The van der Waals surface area contributed by atoms with Gasteiger partial charge in [-0.25, -0.2) is 0 Å². The van der Waals surface area contributed by atoms with Crippen LogP contribution in [0, 0.1) is 0 Å². The Morgan fingerprint density at radius 3 is 2.20 bits per heavy atom. The van der Waals surface area contributed by atoms with Gasteiger partial charge < -0.3 is 14.2 Å². The maximum absolute atomic E-state index is 6.13. The van der Waals surface area contributed by atoms with E-state index < -0.39 is 0 Å². The molecule has 108 valence electrons. The van der Waals surface area contributed by atoms with Crippen molar-refractivity contribution in [3.8, 4) is 0 Å². The molecule has 2 aliphatic heterocycles. The maximum atomic E-state index is 6.13. The smallest absolute Gasteiger partial charge is 0.399 e. The van der Waals surface area contributed by atoms with Crippen molar-refractivity contribution >= 4 is 18.3 Å². The molecule has 2 heterocycles. The van der Waals surface area contributed by atoms with Crippen molar-refractivity contribution in [1.29, 1.82) is 0 Å². The molecular formula is C16H24BNO2. The second kappa shape index (κ2) is 4.78. The fourth-order valence-corrected chi connectivity index (χ4v) is 2.82. The Labute approximate surface area is 122 Å². The van der Waals surface area contributed by atoms with Crippen LogP contribution in [-0.4, -0.2) is 31.4 Å². The average Bonchev–Trinajstić information content (AvgIpc) is 2.97. The maximum Gasteiger partial charge on any atom is 0.494 e. The van der Waals surface area contributed by atoms with E-state index in [0.29, 0.717) is 0 Å². The standard InChI is InChI=1S/C16H24BNO2/c1-15(2)16(3,4)20-17(19-15)13-8-7-9-14(12-13)18-10-5-6-11-18/h7-9,12H,5-6,10-11H2,1-4H3. The first-order chi connectivity index (χ1) is 9.39. The molecule has 0 aliphatic carbocycles. The summed E-state index contributed by atoms with van der Waals surface area (Å²) in [5, 5.41) is 0. The zero-order valence-electron chi connectivity index (χ0n) is 13.0. The number of hydrogen-bond donors (Lipinski definition) is 0. The molecule has 0 atom stereocenters. The van der Waals surface area contributed by atoms with E-state index >= 15 is 0 Å². The van der Waals surface area contributed by atoms with Crippen molar-refractivity contribution in [2.45, 2.75) is 51.7 Å². The van der Waals surface area contributed by atoms with Crippen LogP contribution in [0.4, 0.5) is 5.69 Å². The molecular weight excluding hydrogens is 249 g/mol. The molecule has 1 aromatic rings. The topological polar surface area (TPSA) is 21.7 Å². The van der Waals surface area contributed by atoms with Gasteiger partial charge in [0, 0.05) is 18.8 Å². The van der Waals surface area contributed by atoms with Crippen molar-refractivity contribution in [1.82, 2.24) is 0 Å². The summed E-state index contributed by atoms with van der Waals surface area (Å²) in [6, 6.07) is 8.60. The lowest BCUT2D eigenvalue weighted by atomic mass is 9.79. The van der Waals surface area contributed by atoms with Crippen molar-refractivity contribution in [3.63, 3.8) is 0 Å². The number of rotatable bonds is 2. The van der Waals surface area contributed by atoms with Crippen molar-refractivity contribution in [2.24, 2.45) is 0 Å². The number of nitrogens with zero attached hydrogens (tertiary/aromatic N) is 1. The van der Waals surface area contributed by atoms with E-state index in [1.165, 1.54) is 18.5 Å². The SMILES string of the molecule is CC1(C)OB(c2cccc(N3CCCC3)c2)OC1(C)C. The second-order valence-electron chi connectivity index (χ2n) is 6.88. The van der Waals surface area contributed by atoms with E-state index in [4.69, 9.17) is 9.31 Å². The van der Waals surface area contributed by atoms with Crippen LogP contribution in [0.15, 0.2) is 24.3 Å². The monoisotopic (exact) mass is 273 g/mol. The molecule has 0 N–H and O–H groups in total. The molecule has 2 aliphatic rings. The highest BCUT2D eigenvalue weighted by atomic mass is 16.7. The van der Waals surface area contributed by atoms with Gasteiger partial charge in [0.15, 0.2) is 0 Å². The number of anilines is 1. The number of hydrogen-bond acceptors (Lipinski definition) is 3. The van der Waals surface area contributed by atoms with E-state index in [9.17, 15) is 0 Å². The molecule has 0 bridgehead atoms. The highest BCUT2D eigenvalue weighted by molar-refractivity contribution is 6.62. The van der Waals surface area contributed by atoms with Gasteiger partial charge in [-0.15, -0.1) is 0 Å².